The monoisotopic (exact) mass is 478 g/mol. The molecule has 3 heterocycles. The Morgan fingerprint density at radius 3 is 2.41 bits per heavy atom. The predicted molar refractivity (Wildman–Crippen MR) is 116 cm³/mol. The maximum absolute atomic E-state index is 13.7. The molecule has 0 aliphatic carbocycles. The Labute approximate surface area is 191 Å². The lowest BCUT2D eigenvalue weighted by Crippen LogP contribution is -2.24. The molecule has 0 spiro atoms. The first-order valence-electron chi connectivity index (χ1n) is 10.4. The number of pyridine rings is 1. The minimum atomic E-state index is -4.96. The summed E-state index contributed by atoms with van der Waals surface area (Å²) in [5.74, 6) is 0. The topological polar surface area (TPSA) is 34.0 Å². The summed E-state index contributed by atoms with van der Waals surface area (Å²) in [5, 5.41) is 4.31. The van der Waals surface area contributed by atoms with Gasteiger partial charge in [0, 0.05) is 24.5 Å². The van der Waals surface area contributed by atoms with Gasteiger partial charge in [-0.1, -0.05) is 18.2 Å². The van der Waals surface area contributed by atoms with Crippen molar-refractivity contribution in [1.82, 2.24) is 14.8 Å². The largest absolute Gasteiger partial charge is 0.416 e. The van der Waals surface area contributed by atoms with E-state index in [9.17, 15) is 26.3 Å². The summed E-state index contributed by atoms with van der Waals surface area (Å²) in [6.45, 7) is 3.71. The summed E-state index contributed by atoms with van der Waals surface area (Å²) in [7, 11) is 0. The Kier molecular flexibility index (Phi) is 6.01. The van der Waals surface area contributed by atoms with Gasteiger partial charge in [-0.3, -0.25) is 9.67 Å². The Morgan fingerprint density at radius 2 is 1.76 bits per heavy atom. The van der Waals surface area contributed by atoms with E-state index in [0.717, 1.165) is 17.3 Å². The van der Waals surface area contributed by atoms with Crippen LogP contribution < -0.4 is 4.90 Å². The molecule has 0 radical (unpaired) electrons. The number of hydrogen-bond donors (Lipinski definition) is 0. The van der Waals surface area contributed by atoms with Crippen molar-refractivity contribution in [1.29, 1.82) is 0 Å². The fourth-order valence-corrected chi connectivity index (χ4v) is 4.05. The standard InChI is InChI=1S/C24H20F6N4/c1-15(19-9-8-18(23(25,26)27)12-20(19)24(28,29)30)34-16(2)22(14-32-34)33-11-4-3-7-21(33)17-6-5-10-31-13-17/h3-10,12-15H,11H2,1-2H3. The van der Waals surface area contributed by atoms with Crippen molar-refractivity contribution in [3.05, 3.63) is 95.1 Å². The van der Waals surface area contributed by atoms with E-state index in [4.69, 9.17) is 0 Å². The third kappa shape index (κ3) is 4.44. The lowest BCUT2D eigenvalue weighted by molar-refractivity contribution is -0.143. The summed E-state index contributed by atoms with van der Waals surface area (Å²) in [5.41, 5.74) is -0.0223. The number of aromatic nitrogens is 3. The molecule has 0 fully saturated rings. The Morgan fingerprint density at radius 1 is 1.00 bits per heavy atom. The van der Waals surface area contributed by atoms with Gasteiger partial charge in [0.15, 0.2) is 0 Å². The quantitative estimate of drug-likeness (QED) is 0.394. The Balaban J connectivity index is 1.74. The molecule has 1 unspecified atom stereocenters. The van der Waals surface area contributed by atoms with E-state index in [2.05, 4.69) is 10.1 Å². The van der Waals surface area contributed by atoms with Crippen LogP contribution in [-0.4, -0.2) is 21.3 Å². The molecule has 0 amide bonds. The molecule has 3 aromatic rings. The molecule has 0 N–H and O–H groups in total. The van der Waals surface area contributed by atoms with Crippen molar-refractivity contribution in [2.24, 2.45) is 0 Å². The zero-order valence-electron chi connectivity index (χ0n) is 18.2. The lowest BCUT2D eigenvalue weighted by atomic mass is 9.98. The normalized spacial score (nSPS) is 15.4. The van der Waals surface area contributed by atoms with Gasteiger partial charge in [0.25, 0.3) is 0 Å². The van der Waals surface area contributed by atoms with Gasteiger partial charge in [-0.25, -0.2) is 0 Å². The van der Waals surface area contributed by atoms with E-state index >= 15 is 0 Å². The molecule has 0 saturated carbocycles. The van der Waals surface area contributed by atoms with Crippen LogP contribution in [0.4, 0.5) is 32.0 Å². The average Bonchev–Trinajstić information content (AvgIpc) is 3.18. The molecule has 1 aromatic carbocycles. The van der Waals surface area contributed by atoms with Crippen LogP contribution in [0.2, 0.25) is 0 Å². The molecule has 1 atom stereocenters. The van der Waals surface area contributed by atoms with Crippen molar-refractivity contribution in [3.8, 4) is 0 Å². The van der Waals surface area contributed by atoms with Gasteiger partial charge in [-0.15, -0.1) is 0 Å². The highest BCUT2D eigenvalue weighted by Crippen LogP contribution is 2.41. The second kappa shape index (κ2) is 8.66. The SMILES string of the molecule is Cc1c(N2CC=CC=C2c2cccnc2)cnn1C(C)c1ccc(C(F)(F)F)cc1C(F)(F)F. The zero-order chi connectivity index (χ0) is 24.7. The molecular formula is C24H20F6N4. The summed E-state index contributed by atoms with van der Waals surface area (Å²) >= 11 is 0. The summed E-state index contributed by atoms with van der Waals surface area (Å²) in [6, 6.07) is 4.43. The number of allylic oxidation sites excluding steroid dienone is 2. The fourth-order valence-electron chi connectivity index (χ4n) is 4.05. The minimum Gasteiger partial charge on any atom is -0.334 e. The minimum absolute atomic E-state index is 0.157. The maximum atomic E-state index is 13.7. The molecule has 4 rings (SSSR count). The molecular weight excluding hydrogens is 458 g/mol. The first kappa shape index (κ1) is 23.6. The molecule has 4 nitrogen and oxygen atoms in total. The molecule has 34 heavy (non-hydrogen) atoms. The van der Waals surface area contributed by atoms with Crippen molar-refractivity contribution >= 4 is 11.4 Å². The smallest absolute Gasteiger partial charge is 0.334 e. The lowest BCUT2D eigenvalue weighted by Gasteiger charge is -2.28. The number of nitrogens with zero attached hydrogens (tertiary/aromatic N) is 4. The van der Waals surface area contributed by atoms with Crippen molar-refractivity contribution < 1.29 is 26.3 Å². The van der Waals surface area contributed by atoms with Gasteiger partial charge in [-0.05, 0) is 49.8 Å². The van der Waals surface area contributed by atoms with Crippen LogP contribution in [0.15, 0.2) is 67.2 Å². The van der Waals surface area contributed by atoms with E-state index in [1.54, 1.807) is 31.6 Å². The van der Waals surface area contributed by atoms with Crippen LogP contribution in [-0.2, 0) is 12.4 Å². The second-order valence-electron chi connectivity index (χ2n) is 7.87. The molecule has 1 aliphatic rings. The first-order chi connectivity index (χ1) is 16.0. The third-order valence-corrected chi connectivity index (χ3v) is 5.74. The number of benzene rings is 1. The summed E-state index contributed by atoms with van der Waals surface area (Å²) in [6.07, 6.45) is 0.802. The molecule has 0 saturated heterocycles. The van der Waals surface area contributed by atoms with Crippen LogP contribution >= 0.6 is 0 Å². The van der Waals surface area contributed by atoms with Gasteiger partial charge in [0.05, 0.1) is 40.4 Å². The van der Waals surface area contributed by atoms with Gasteiger partial charge < -0.3 is 4.90 Å². The molecule has 178 valence electrons. The van der Waals surface area contributed by atoms with Crippen LogP contribution in [0.25, 0.3) is 5.70 Å². The zero-order valence-corrected chi connectivity index (χ0v) is 18.2. The van der Waals surface area contributed by atoms with Gasteiger partial charge in [-0.2, -0.15) is 31.4 Å². The van der Waals surface area contributed by atoms with E-state index in [0.29, 0.717) is 24.0 Å². The van der Waals surface area contributed by atoms with E-state index in [1.165, 1.54) is 11.6 Å². The van der Waals surface area contributed by atoms with Crippen molar-refractivity contribution in [2.75, 3.05) is 11.4 Å². The fraction of sp³-hybridized carbons (Fsp3) is 0.250. The van der Waals surface area contributed by atoms with E-state index in [1.807, 2.05) is 29.2 Å². The Bertz CT molecular complexity index is 1240. The van der Waals surface area contributed by atoms with E-state index < -0.39 is 29.5 Å². The maximum Gasteiger partial charge on any atom is 0.416 e. The van der Waals surface area contributed by atoms with Gasteiger partial charge >= 0.3 is 12.4 Å². The highest BCUT2D eigenvalue weighted by atomic mass is 19.4. The average molecular weight is 478 g/mol. The van der Waals surface area contributed by atoms with Crippen molar-refractivity contribution in [2.45, 2.75) is 32.2 Å². The van der Waals surface area contributed by atoms with Gasteiger partial charge in [0.2, 0.25) is 0 Å². The van der Waals surface area contributed by atoms with E-state index in [-0.39, 0.29) is 11.6 Å². The van der Waals surface area contributed by atoms with Crippen molar-refractivity contribution in [3.63, 3.8) is 0 Å². The van der Waals surface area contributed by atoms with Crippen LogP contribution in [0, 0.1) is 6.92 Å². The van der Waals surface area contributed by atoms with Crippen LogP contribution in [0.1, 0.15) is 40.9 Å². The predicted octanol–water partition coefficient (Wildman–Crippen LogP) is 6.65. The Hall–Kier alpha value is -3.56. The number of alkyl halides is 6. The molecule has 2 aromatic heterocycles. The highest BCUT2D eigenvalue weighted by Gasteiger charge is 2.39. The van der Waals surface area contributed by atoms with Gasteiger partial charge in [0.1, 0.15) is 0 Å². The molecule has 1 aliphatic heterocycles. The van der Waals surface area contributed by atoms with Crippen LogP contribution in [0.5, 0.6) is 0 Å². The first-order valence-corrected chi connectivity index (χ1v) is 10.4. The molecule has 0 bridgehead atoms. The summed E-state index contributed by atoms with van der Waals surface area (Å²) < 4.78 is 81.7. The second-order valence-corrected chi connectivity index (χ2v) is 7.87. The number of halogens is 6. The number of hydrogen-bond acceptors (Lipinski definition) is 3. The number of rotatable bonds is 4. The highest BCUT2D eigenvalue weighted by molar-refractivity contribution is 5.82. The van der Waals surface area contributed by atoms with Crippen LogP contribution in [0.3, 0.4) is 0 Å². The molecule has 10 heteroatoms. The summed E-state index contributed by atoms with van der Waals surface area (Å²) in [4.78, 5) is 6.10. The number of anilines is 1. The third-order valence-electron chi connectivity index (χ3n) is 5.74.